The number of thiazole rings is 1. The number of carbonyl (C=O) groups excluding carboxylic acids is 3. The molecule has 0 bridgehead atoms. The fourth-order valence-electron chi connectivity index (χ4n) is 1.85. The number of aromatic nitrogens is 1. The monoisotopic (exact) mass is 368 g/mol. The first-order valence-electron chi connectivity index (χ1n) is 8.37. The Kier molecular flexibility index (Phi) is 6.74. The van der Waals surface area contributed by atoms with Crippen LogP contribution in [0.5, 0.6) is 0 Å². The van der Waals surface area contributed by atoms with Gasteiger partial charge in [0.1, 0.15) is 0 Å². The van der Waals surface area contributed by atoms with E-state index in [0.29, 0.717) is 11.0 Å². The molecule has 3 N–H and O–H groups in total. The highest BCUT2D eigenvalue weighted by Crippen LogP contribution is 2.18. The van der Waals surface area contributed by atoms with Gasteiger partial charge in [0.05, 0.1) is 0 Å². The van der Waals surface area contributed by atoms with Crippen LogP contribution in [0.25, 0.3) is 0 Å². The fourth-order valence-corrected chi connectivity index (χ4v) is 2.56. The van der Waals surface area contributed by atoms with Crippen molar-refractivity contribution in [3.8, 4) is 0 Å². The SMILES string of the molecule is CC(C)CCNc1nc(C(=O)O[C@@H](C)C(=O)NC(=O)NC2CC2)cs1. The quantitative estimate of drug-likeness (QED) is 0.607. The molecule has 0 aromatic carbocycles. The standard InChI is InChI=1S/C16H24N4O4S/c1-9(2)6-7-17-16-19-12(8-25-16)14(22)24-10(3)13(21)20-15(23)18-11-4-5-11/h8-11H,4-7H2,1-3H3,(H,17,19)(H2,18,20,21,23)/t10-/m0/s1. The second-order valence-electron chi connectivity index (χ2n) is 6.43. The maximum Gasteiger partial charge on any atom is 0.358 e. The number of hydrogen-bond acceptors (Lipinski definition) is 7. The maximum atomic E-state index is 12.0. The van der Waals surface area contributed by atoms with Gasteiger partial charge in [0, 0.05) is 18.0 Å². The lowest BCUT2D eigenvalue weighted by molar-refractivity contribution is -0.127. The van der Waals surface area contributed by atoms with Gasteiger partial charge in [0.2, 0.25) is 0 Å². The molecule has 1 fully saturated rings. The summed E-state index contributed by atoms with van der Waals surface area (Å²) in [6.07, 6.45) is 1.75. The molecule has 0 radical (unpaired) electrons. The summed E-state index contributed by atoms with van der Waals surface area (Å²) in [5, 5.41) is 10.1. The lowest BCUT2D eigenvalue weighted by atomic mass is 10.1. The minimum Gasteiger partial charge on any atom is -0.448 e. The summed E-state index contributed by atoms with van der Waals surface area (Å²) in [5.74, 6) is -0.788. The second kappa shape index (κ2) is 8.80. The summed E-state index contributed by atoms with van der Waals surface area (Å²) < 4.78 is 5.06. The van der Waals surface area contributed by atoms with Gasteiger partial charge in [0.25, 0.3) is 5.91 Å². The van der Waals surface area contributed by atoms with Crippen LogP contribution in [-0.2, 0) is 9.53 Å². The summed E-state index contributed by atoms with van der Waals surface area (Å²) in [5.41, 5.74) is 0.138. The smallest absolute Gasteiger partial charge is 0.358 e. The van der Waals surface area contributed by atoms with Crippen molar-refractivity contribution in [2.45, 2.75) is 52.2 Å². The van der Waals surface area contributed by atoms with E-state index in [-0.39, 0.29) is 11.7 Å². The summed E-state index contributed by atoms with van der Waals surface area (Å²) in [6.45, 7) is 6.44. The lowest BCUT2D eigenvalue weighted by Gasteiger charge is -2.12. The highest BCUT2D eigenvalue weighted by atomic mass is 32.1. The van der Waals surface area contributed by atoms with E-state index in [1.165, 1.54) is 18.3 Å². The number of imide groups is 1. The average Bonchev–Trinajstić information content (AvgIpc) is 3.21. The normalized spacial score (nSPS) is 14.7. The number of carbonyl (C=O) groups is 3. The zero-order valence-corrected chi connectivity index (χ0v) is 15.4. The number of hydrogen-bond donors (Lipinski definition) is 3. The molecule has 138 valence electrons. The first-order chi connectivity index (χ1) is 11.8. The van der Waals surface area contributed by atoms with Gasteiger partial charge < -0.3 is 15.4 Å². The van der Waals surface area contributed by atoms with Crippen molar-refractivity contribution < 1.29 is 19.1 Å². The Morgan fingerprint density at radius 3 is 2.68 bits per heavy atom. The van der Waals surface area contributed by atoms with Crippen molar-refractivity contribution in [3.63, 3.8) is 0 Å². The molecular weight excluding hydrogens is 344 g/mol. The van der Waals surface area contributed by atoms with E-state index in [4.69, 9.17) is 4.74 Å². The van der Waals surface area contributed by atoms with Crippen molar-refractivity contribution in [2.75, 3.05) is 11.9 Å². The van der Waals surface area contributed by atoms with E-state index in [9.17, 15) is 14.4 Å². The largest absolute Gasteiger partial charge is 0.448 e. The van der Waals surface area contributed by atoms with E-state index in [1.807, 2.05) is 0 Å². The molecule has 25 heavy (non-hydrogen) atoms. The van der Waals surface area contributed by atoms with Crippen LogP contribution in [0.1, 0.15) is 50.5 Å². The van der Waals surface area contributed by atoms with Crippen molar-refractivity contribution >= 4 is 34.4 Å². The van der Waals surface area contributed by atoms with Crippen LogP contribution in [0, 0.1) is 5.92 Å². The van der Waals surface area contributed by atoms with E-state index in [2.05, 4.69) is 34.8 Å². The Morgan fingerprint density at radius 1 is 1.32 bits per heavy atom. The van der Waals surface area contributed by atoms with E-state index in [0.717, 1.165) is 25.8 Å². The summed E-state index contributed by atoms with van der Waals surface area (Å²) >= 11 is 1.30. The zero-order chi connectivity index (χ0) is 18.4. The predicted octanol–water partition coefficient (Wildman–Crippen LogP) is 2.13. The van der Waals surface area contributed by atoms with E-state index >= 15 is 0 Å². The topological polar surface area (TPSA) is 109 Å². The van der Waals surface area contributed by atoms with Gasteiger partial charge in [-0.2, -0.15) is 0 Å². The highest BCUT2D eigenvalue weighted by molar-refractivity contribution is 7.13. The molecule has 8 nitrogen and oxygen atoms in total. The molecule has 1 aliphatic rings. The van der Waals surface area contributed by atoms with Crippen LogP contribution in [-0.4, -0.2) is 41.6 Å². The third-order valence-corrected chi connectivity index (χ3v) is 4.31. The van der Waals surface area contributed by atoms with Crippen molar-refractivity contribution in [1.82, 2.24) is 15.6 Å². The van der Waals surface area contributed by atoms with Crippen LogP contribution in [0.2, 0.25) is 0 Å². The minimum absolute atomic E-state index is 0.138. The second-order valence-corrected chi connectivity index (χ2v) is 7.29. The molecule has 1 heterocycles. The number of amides is 3. The zero-order valence-electron chi connectivity index (χ0n) is 14.6. The van der Waals surface area contributed by atoms with Gasteiger partial charge in [-0.1, -0.05) is 13.8 Å². The Labute approximate surface area is 150 Å². The molecule has 1 aliphatic carbocycles. The fraction of sp³-hybridized carbons (Fsp3) is 0.625. The summed E-state index contributed by atoms with van der Waals surface area (Å²) in [6, 6.07) is -0.428. The highest BCUT2D eigenvalue weighted by Gasteiger charge is 2.26. The summed E-state index contributed by atoms with van der Waals surface area (Å²) in [4.78, 5) is 39.6. The third-order valence-electron chi connectivity index (χ3n) is 3.51. The Morgan fingerprint density at radius 2 is 2.04 bits per heavy atom. The molecule has 3 amide bonds. The number of anilines is 1. The number of esters is 1. The van der Waals surface area contributed by atoms with Crippen LogP contribution >= 0.6 is 11.3 Å². The number of urea groups is 1. The number of nitrogens with zero attached hydrogens (tertiary/aromatic N) is 1. The Balaban J connectivity index is 1.76. The van der Waals surface area contributed by atoms with Gasteiger partial charge in [-0.05, 0) is 32.1 Å². The molecule has 1 atom stereocenters. The van der Waals surface area contributed by atoms with Gasteiger partial charge in [-0.25, -0.2) is 14.6 Å². The summed E-state index contributed by atoms with van der Waals surface area (Å²) in [7, 11) is 0. The predicted molar refractivity (Wildman–Crippen MR) is 94.6 cm³/mol. The Bertz CT molecular complexity index is 627. The molecule has 2 rings (SSSR count). The molecule has 1 aromatic heterocycles. The molecule has 0 unspecified atom stereocenters. The molecule has 0 spiro atoms. The van der Waals surface area contributed by atoms with Crippen molar-refractivity contribution in [2.24, 2.45) is 5.92 Å². The van der Waals surface area contributed by atoms with Crippen LogP contribution in [0.3, 0.4) is 0 Å². The molecule has 1 aromatic rings. The molecule has 9 heteroatoms. The number of ether oxygens (including phenoxy) is 1. The number of rotatable bonds is 8. The van der Waals surface area contributed by atoms with Gasteiger partial charge >= 0.3 is 12.0 Å². The molecular formula is C16H24N4O4S. The third kappa shape index (κ3) is 6.69. The van der Waals surface area contributed by atoms with E-state index in [1.54, 1.807) is 5.38 Å². The lowest BCUT2D eigenvalue weighted by Crippen LogP contribution is -2.45. The van der Waals surface area contributed by atoms with E-state index < -0.39 is 24.0 Å². The maximum absolute atomic E-state index is 12.0. The Hall–Kier alpha value is -2.16. The molecule has 0 saturated heterocycles. The number of nitrogens with one attached hydrogen (secondary N) is 3. The van der Waals surface area contributed by atoms with Crippen LogP contribution in [0.15, 0.2) is 5.38 Å². The molecule has 1 saturated carbocycles. The first kappa shape index (κ1) is 19.2. The van der Waals surface area contributed by atoms with Crippen molar-refractivity contribution in [1.29, 1.82) is 0 Å². The average molecular weight is 368 g/mol. The van der Waals surface area contributed by atoms with Crippen LogP contribution < -0.4 is 16.0 Å². The van der Waals surface area contributed by atoms with Gasteiger partial charge in [0.15, 0.2) is 16.9 Å². The molecule has 0 aliphatic heterocycles. The first-order valence-corrected chi connectivity index (χ1v) is 9.25. The van der Waals surface area contributed by atoms with Crippen LogP contribution in [0.4, 0.5) is 9.93 Å². The van der Waals surface area contributed by atoms with Crippen molar-refractivity contribution in [3.05, 3.63) is 11.1 Å². The van der Waals surface area contributed by atoms with Gasteiger partial charge in [-0.15, -0.1) is 11.3 Å². The minimum atomic E-state index is -1.09. The van der Waals surface area contributed by atoms with Gasteiger partial charge in [-0.3, -0.25) is 10.1 Å².